The Morgan fingerprint density at radius 1 is 0.333 bits per heavy atom. The third kappa shape index (κ3) is 5.44. The maximum atomic E-state index is 2.45. The van der Waals surface area contributed by atoms with Crippen molar-refractivity contribution in [2.45, 2.75) is 0 Å². The highest BCUT2D eigenvalue weighted by Crippen LogP contribution is 2.48. The van der Waals surface area contributed by atoms with Crippen LogP contribution < -0.4 is 4.90 Å². The second-order valence-corrected chi connectivity index (χ2v) is 13.7. The van der Waals surface area contributed by atoms with E-state index in [4.69, 9.17) is 0 Å². The van der Waals surface area contributed by atoms with Gasteiger partial charge in [-0.3, -0.25) is 0 Å². The van der Waals surface area contributed by atoms with Crippen LogP contribution in [-0.2, 0) is 0 Å². The summed E-state index contributed by atoms with van der Waals surface area (Å²) < 4.78 is 2.40. The van der Waals surface area contributed by atoms with E-state index in [0.29, 0.717) is 0 Å². The first-order valence-electron chi connectivity index (χ1n) is 18.5. The van der Waals surface area contributed by atoms with Crippen LogP contribution in [0.4, 0.5) is 17.1 Å². The first-order chi connectivity index (χ1) is 26.8. The summed E-state index contributed by atoms with van der Waals surface area (Å²) in [7, 11) is 0. The number of benzene rings is 9. The van der Waals surface area contributed by atoms with Gasteiger partial charge in [0.15, 0.2) is 0 Å². The fourth-order valence-corrected chi connectivity index (χ4v) is 8.15. The van der Waals surface area contributed by atoms with Crippen LogP contribution in [0.15, 0.2) is 218 Å². The van der Waals surface area contributed by atoms with Gasteiger partial charge in [-0.25, -0.2) is 0 Å². The first-order valence-corrected chi connectivity index (χ1v) is 18.5. The van der Waals surface area contributed by atoms with Crippen LogP contribution in [0.1, 0.15) is 0 Å². The molecule has 0 aliphatic rings. The van der Waals surface area contributed by atoms with Crippen LogP contribution >= 0.6 is 0 Å². The van der Waals surface area contributed by atoms with Crippen LogP contribution in [0.25, 0.3) is 71.6 Å². The van der Waals surface area contributed by atoms with E-state index in [1.807, 2.05) is 0 Å². The molecule has 10 rings (SSSR count). The first kappa shape index (κ1) is 31.6. The Morgan fingerprint density at radius 3 is 1.59 bits per heavy atom. The Bertz CT molecular complexity index is 2890. The van der Waals surface area contributed by atoms with Gasteiger partial charge in [-0.05, 0) is 87.1 Å². The van der Waals surface area contributed by atoms with Crippen molar-refractivity contribution in [2.75, 3.05) is 4.90 Å². The number of anilines is 3. The van der Waals surface area contributed by atoms with Crippen molar-refractivity contribution in [3.8, 4) is 39.1 Å². The average molecular weight is 689 g/mol. The fraction of sp³-hybridized carbons (Fsp3) is 0. The molecule has 0 saturated heterocycles. The fourth-order valence-electron chi connectivity index (χ4n) is 8.15. The Labute approximate surface area is 315 Å². The number of aromatic nitrogens is 1. The number of para-hydroxylation sites is 2. The minimum Gasteiger partial charge on any atom is -0.310 e. The smallest absolute Gasteiger partial charge is 0.0546 e. The zero-order valence-electron chi connectivity index (χ0n) is 29.7. The minimum atomic E-state index is 1.08. The highest BCUT2D eigenvalue weighted by molar-refractivity contribution is 6.09. The van der Waals surface area contributed by atoms with Gasteiger partial charge < -0.3 is 9.47 Å². The van der Waals surface area contributed by atoms with E-state index in [1.165, 1.54) is 66.0 Å². The lowest BCUT2D eigenvalue weighted by Gasteiger charge is -2.30. The molecule has 1 heterocycles. The summed E-state index contributed by atoms with van der Waals surface area (Å²) in [6.45, 7) is 0. The summed E-state index contributed by atoms with van der Waals surface area (Å²) in [5, 5.41) is 4.91. The number of nitrogens with zero attached hydrogens (tertiary/aromatic N) is 2. The van der Waals surface area contributed by atoms with Crippen LogP contribution in [0.3, 0.4) is 0 Å². The zero-order valence-corrected chi connectivity index (χ0v) is 29.7. The number of rotatable bonds is 7. The molecule has 0 bridgehead atoms. The lowest BCUT2D eigenvalue weighted by Crippen LogP contribution is -2.12. The molecule has 54 heavy (non-hydrogen) atoms. The summed E-state index contributed by atoms with van der Waals surface area (Å²) in [5.74, 6) is 0. The Hall–Kier alpha value is -7.16. The molecule has 0 aliphatic heterocycles. The topological polar surface area (TPSA) is 8.17 Å². The van der Waals surface area contributed by atoms with E-state index in [-0.39, 0.29) is 0 Å². The predicted octanol–water partition coefficient (Wildman–Crippen LogP) is 14.4. The lowest BCUT2D eigenvalue weighted by atomic mass is 9.87. The Balaban J connectivity index is 1.28. The molecule has 0 amide bonds. The molecule has 0 radical (unpaired) electrons. The standard InChI is InChI=1S/C52H36N2/c1-3-18-38(19-4-1)44-25-9-10-28-48(44)52-45(39-20-5-2-6-21-39)29-16-32-51(52)53(43-34-33-37-17-7-8-22-40(37)35-43)41-23-15-24-42(36-41)54-49-30-13-11-26-46(49)47-27-12-14-31-50(47)54/h1-36H. The molecule has 0 saturated carbocycles. The van der Waals surface area contributed by atoms with Gasteiger partial charge in [-0.15, -0.1) is 0 Å². The van der Waals surface area contributed by atoms with E-state index in [1.54, 1.807) is 0 Å². The molecule has 2 nitrogen and oxygen atoms in total. The Kier molecular flexibility index (Phi) is 7.85. The number of hydrogen-bond donors (Lipinski definition) is 0. The molecule has 0 unspecified atom stereocenters. The molecule has 0 aliphatic carbocycles. The maximum absolute atomic E-state index is 2.45. The summed E-state index contributed by atoms with van der Waals surface area (Å²) in [5.41, 5.74) is 13.9. The van der Waals surface area contributed by atoms with Crippen molar-refractivity contribution >= 4 is 49.6 Å². The van der Waals surface area contributed by atoms with Crippen molar-refractivity contribution in [2.24, 2.45) is 0 Å². The molecule has 10 aromatic rings. The van der Waals surface area contributed by atoms with Crippen LogP contribution in [0, 0.1) is 0 Å². The van der Waals surface area contributed by atoms with Gasteiger partial charge in [0.05, 0.1) is 16.7 Å². The van der Waals surface area contributed by atoms with Gasteiger partial charge in [0.1, 0.15) is 0 Å². The molecule has 254 valence electrons. The van der Waals surface area contributed by atoms with Crippen LogP contribution in [0.2, 0.25) is 0 Å². The van der Waals surface area contributed by atoms with Gasteiger partial charge >= 0.3 is 0 Å². The molecule has 2 heteroatoms. The third-order valence-electron chi connectivity index (χ3n) is 10.6. The molecular formula is C52H36N2. The van der Waals surface area contributed by atoms with Crippen molar-refractivity contribution in [1.82, 2.24) is 4.57 Å². The van der Waals surface area contributed by atoms with E-state index in [0.717, 1.165) is 22.7 Å². The molecule has 9 aromatic carbocycles. The summed E-state index contributed by atoms with van der Waals surface area (Å²) in [4.78, 5) is 2.45. The van der Waals surface area contributed by atoms with E-state index < -0.39 is 0 Å². The van der Waals surface area contributed by atoms with Crippen LogP contribution in [-0.4, -0.2) is 4.57 Å². The molecule has 0 spiro atoms. The largest absolute Gasteiger partial charge is 0.310 e. The van der Waals surface area contributed by atoms with Gasteiger partial charge in [0.2, 0.25) is 0 Å². The minimum absolute atomic E-state index is 1.08. The van der Waals surface area contributed by atoms with Gasteiger partial charge in [0, 0.05) is 33.4 Å². The molecule has 0 atom stereocenters. The lowest BCUT2D eigenvalue weighted by molar-refractivity contribution is 1.17. The SMILES string of the molecule is c1ccc(-c2ccccc2-c2c(-c3ccccc3)cccc2N(c2cccc(-n3c4ccccc4c4ccccc43)c2)c2ccc3ccccc3c2)cc1. The summed E-state index contributed by atoms with van der Waals surface area (Å²) >= 11 is 0. The van der Waals surface area contributed by atoms with Crippen molar-refractivity contribution in [3.05, 3.63) is 218 Å². The quantitative estimate of drug-likeness (QED) is 0.162. The van der Waals surface area contributed by atoms with Gasteiger partial charge in [-0.2, -0.15) is 0 Å². The molecular weight excluding hydrogens is 653 g/mol. The maximum Gasteiger partial charge on any atom is 0.0546 e. The zero-order chi connectivity index (χ0) is 35.8. The number of hydrogen-bond acceptors (Lipinski definition) is 1. The van der Waals surface area contributed by atoms with E-state index >= 15 is 0 Å². The van der Waals surface area contributed by atoms with Crippen LogP contribution in [0.5, 0.6) is 0 Å². The van der Waals surface area contributed by atoms with Gasteiger partial charge in [0.25, 0.3) is 0 Å². The molecule has 0 fully saturated rings. The van der Waals surface area contributed by atoms with Crippen molar-refractivity contribution in [3.63, 3.8) is 0 Å². The third-order valence-corrected chi connectivity index (χ3v) is 10.6. The monoisotopic (exact) mass is 688 g/mol. The van der Waals surface area contributed by atoms with Crippen molar-refractivity contribution in [1.29, 1.82) is 0 Å². The summed E-state index contributed by atoms with van der Waals surface area (Å²) in [6, 6.07) is 79.0. The second-order valence-electron chi connectivity index (χ2n) is 13.7. The summed E-state index contributed by atoms with van der Waals surface area (Å²) in [6.07, 6.45) is 0. The van der Waals surface area contributed by atoms with E-state index in [2.05, 4.69) is 228 Å². The normalized spacial score (nSPS) is 11.3. The Morgan fingerprint density at radius 2 is 0.870 bits per heavy atom. The van der Waals surface area contributed by atoms with Crippen molar-refractivity contribution < 1.29 is 0 Å². The highest BCUT2D eigenvalue weighted by Gasteiger charge is 2.23. The highest BCUT2D eigenvalue weighted by atomic mass is 15.1. The average Bonchev–Trinajstić information content (AvgIpc) is 3.59. The molecule has 1 aromatic heterocycles. The van der Waals surface area contributed by atoms with Gasteiger partial charge in [-0.1, -0.05) is 170 Å². The number of fused-ring (bicyclic) bond motifs is 4. The predicted molar refractivity (Wildman–Crippen MR) is 229 cm³/mol. The second kappa shape index (κ2) is 13.4. The van der Waals surface area contributed by atoms with E-state index in [9.17, 15) is 0 Å². The molecule has 0 N–H and O–H groups in total.